The smallest absolute Gasteiger partial charge is 0.329 e. The molecule has 6 nitrogen and oxygen atoms in total. The molecule has 1 saturated heterocycles. The summed E-state index contributed by atoms with van der Waals surface area (Å²) in [6.07, 6.45) is 0.758. The molecule has 1 unspecified atom stereocenters. The van der Waals surface area contributed by atoms with Crippen LogP contribution in [0.2, 0.25) is 0 Å². The molecular formula is C11H10BrN3O3S. The van der Waals surface area contributed by atoms with Crippen LogP contribution in [0, 0.1) is 0 Å². The van der Waals surface area contributed by atoms with E-state index in [4.69, 9.17) is 0 Å². The van der Waals surface area contributed by atoms with Crippen molar-refractivity contribution >= 4 is 43.4 Å². The third-order valence-corrected chi connectivity index (χ3v) is 4.79. The lowest BCUT2D eigenvalue weighted by molar-refractivity contribution is -0.123. The van der Waals surface area contributed by atoms with Crippen LogP contribution in [0.25, 0.3) is 10.2 Å². The first-order valence-electron chi connectivity index (χ1n) is 5.77. The van der Waals surface area contributed by atoms with Crippen LogP contribution in [0.1, 0.15) is 18.9 Å². The Hall–Kier alpha value is -1.41. The van der Waals surface area contributed by atoms with Crippen LogP contribution in [-0.2, 0) is 4.79 Å². The fraction of sp³-hybridized carbons (Fsp3) is 0.364. The SMILES string of the molecule is O=C1CC(n2c(=O)[nH]c3cc(Br)sc3c2=O)CCN1. The van der Waals surface area contributed by atoms with Crippen molar-refractivity contribution in [2.75, 3.05) is 6.54 Å². The molecule has 2 aromatic heterocycles. The molecule has 1 fully saturated rings. The molecule has 3 heterocycles. The number of piperidine rings is 1. The molecule has 8 heteroatoms. The number of hydrogen-bond acceptors (Lipinski definition) is 4. The number of nitrogens with zero attached hydrogens (tertiary/aromatic N) is 1. The van der Waals surface area contributed by atoms with Crippen molar-refractivity contribution in [1.29, 1.82) is 0 Å². The number of nitrogens with one attached hydrogen (secondary N) is 2. The second kappa shape index (κ2) is 4.61. The summed E-state index contributed by atoms with van der Waals surface area (Å²) in [6, 6.07) is 1.34. The van der Waals surface area contributed by atoms with Crippen LogP contribution >= 0.6 is 27.3 Å². The number of aromatic nitrogens is 2. The molecule has 0 saturated carbocycles. The highest BCUT2D eigenvalue weighted by atomic mass is 79.9. The first-order chi connectivity index (χ1) is 9.06. The van der Waals surface area contributed by atoms with Crippen LogP contribution in [0.3, 0.4) is 0 Å². The van der Waals surface area contributed by atoms with Crippen molar-refractivity contribution in [3.05, 3.63) is 30.7 Å². The minimum absolute atomic E-state index is 0.130. The third kappa shape index (κ3) is 2.14. The summed E-state index contributed by atoms with van der Waals surface area (Å²) in [7, 11) is 0. The van der Waals surface area contributed by atoms with Gasteiger partial charge in [-0.1, -0.05) is 0 Å². The van der Waals surface area contributed by atoms with E-state index in [1.807, 2.05) is 0 Å². The highest BCUT2D eigenvalue weighted by Crippen LogP contribution is 2.26. The van der Waals surface area contributed by atoms with Gasteiger partial charge in [0.15, 0.2) is 0 Å². The van der Waals surface area contributed by atoms with E-state index in [-0.39, 0.29) is 23.9 Å². The normalized spacial score (nSPS) is 19.6. The van der Waals surface area contributed by atoms with Gasteiger partial charge in [0.05, 0.1) is 15.3 Å². The molecule has 1 amide bonds. The van der Waals surface area contributed by atoms with Crippen LogP contribution in [0.5, 0.6) is 0 Å². The van der Waals surface area contributed by atoms with Gasteiger partial charge in [0.1, 0.15) is 4.70 Å². The highest BCUT2D eigenvalue weighted by molar-refractivity contribution is 9.11. The van der Waals surface area contributed by atoms with E-state index in [0.717, 1.165) is 3.79 Å². The lowest BCUT2D eigenvalue weighted by Gasteiger charge is -2.23. The number of fused-ring (bicyclic) bond motifs is 1. The Balaban J connectivity index is 2.20. The number of hydrogen-bond donors (Lipinski definition) is 2. The lowest BCUT2D eigenvalue weighted by Crippen LogP contribution is -2.43. The van der Waals surface area contributed by atoms with Gasteiger partial charge in [-0.05, 0) is 28.4 Å². The lowest BCUT2D eigenvalue weighted by atomic mass is 10.1. The summed E-state index contributed by atoms with van der Waals surface area (Å²) < 4.78 is 2.45. The Labute approximate surface area is 119 Å². The topological polar surface area (TPSA) is 84.0 Å². The zero-order chi connectivity index (χ0) is 13.6. The van der Waals surface area contributed by atoms with Gasteiger partial charge in [-0.2, -0.15) is 0 Å². The van der Waals surface area contributed by atoms with Crippen molar-refractivity contribution in [2.45, 2.75) is 18.9 Å². The summed E-state index contributed by atoms with van der Waals surface area (Å²) in [6.45, 7) is 0.488. The van der Waals surface area contributed by atoms with Gasteiger partial charge in [-0.25, -0.2) is 4.79 Å². The zero-order valence-corrected chi connectivity index (χ0v) is 12.1. The van der Waals surface area contributed by atoms with Crippen LogP contribution in [0.4, 0.5) is 0 Å². The molecule has 0 bridgehead atoms. The van der Waals surface area contributed by atoms with Crippen molar-refractivity contribution in [2.24, 2.45) is 0 Å². The average molecular weight is 344 g/mol. The van der Waals surface area contributed by atoms with Gasteiger partial charge in [0, 0.05) is 13.0 Å². The number of aromatic amines is 1. The molecule has 1 aliphatic heterocycles. The van der Waals surface area contributed by atoms with Gasteiger partial charge >= 0.3 is 5.69 Å². The molecule has 19 heavy (non-hydrogen) atoms. The first-order valence-corrected chi connectivity index (χ1v) is 7.38. The molecule has 0 aromatic carbocycles. The van der Waals surface area contributed by atoms with Gasteiger partial charge in [0.2, 0.25) is 5.91 Å². The predicted octanol–water partition coefficient (Wildman–Crippen LogP) is 0.965. The number of H-pyrrole nitrogens is 1. The fourth-order valence-corrected chi connectivity index (χ4v) is 3.80. The monoisotopic (exact) mass is 343 g/mol. The minimum Gasteiger partial charge on any atom is -0.356 e. The standard InChI is InChI=1S/C11H10BrN3O3S/c12-7-4-6-9(19-7)10(17)15(11(18)14-6)5-1-2-13-8(16)3-5/h4-5H,1-3H2,(H,13,16)(H,14,18). The molecule has 0 spiro atoms. The summed E-state index contributed by atoms with van der Waals surface area (Å²) in [5, 5.41) is 2.69. The fourth-order valence-electron chi connectivity index (χ4n) is 2.31. The van der Waals surface area contributed by atoms with E-state index in [9.17, 15) is 14.4 Å². The van der Waals surface area contributed by atoms with Gasteiger partial charge in [0.25, 0.3) is 5.56 Å². The molecular weight excluding hydrogens is 334 g/mol. The van der Waals surface area contributed by atoms with Gasteiger partial charge in [-0.3, -0.25) is 14.2 Å². The van der Waals surface area contributed by atoms with E-state index in [1.165, 1.54) is 15.9 Å². The van der Waals surface area contributed by atoms with Crippen molar-refractivity contribution in [1.82, 2.24) is 14.9 Å². The molecule has 1 aliphatic rings. The molecule has 0 aliphatic carbocycles. The Kier molecular flexibility index (Phi) is 3.06. The molecule has 2 aromatic rings. The van der Waals surface area contributed by atoms with Crippen LogP contribution in [-0.4, -0.2) is 22.0 Å². The van der Waals surface area contributed by atoms with Crippen molar-refractivity contribution in [3.8, 4) is 0 Å². The highest BCUT2D eigenvalue weighted by Gasteiger charge is 2.24. The van der Waals surface area contributed by atoms with Crippen molar-refractivity contribution < 1.29 is 4.79 Å². The van der Waals surface area contributed by atoms with E-state index < -0.39 is 5.69 Å². The summed E-state index contributed by atoms with van der Waals surface area (Å²) in [4.78, 5) is 38.5. The number of halogens is 1. The Bertz CT molecular complexity index is 776. The third-order valence-electron chi connectivity index (χ3n) is 3.16. The quantitative estimate of drug-likeness (QED) is 0.808. The number of carbonyl (C=O) groups is 1. The maximum Gasteiger partial charge on any atom is 0.329 e. The Morgan fingerprint density at radius 3 is 2.89 bits per heavy atom. The van der Waals surface area contributed by atoms with Gasteiger partial charge < -0.3 is 10.3 Å². The zero-order valence-electron chi connectivity index (χ0n) is 9.73. The maximum absolute atomic E-state index is 12.4. The first kappa shape index (κ1) is 12.6. The van der Waals surface area contributed by atoms with E-state index in [1.54, 1.807) is 6.07 Å². The molecule has 100 valence electrons. The Morgan fingerprint density at radius 2 is 2.16 bits per heavy atom. The second-order valence-electron chi connectivity index (χ2n) is 4.40. The summed E-state index contributed by atoms with van der Waals surface area (Å²) in [5.41, 5.74) is -0.250. The van der Waals surface area contributed by atoms with E-state index in [0.29, 0.717) is 23.2 Å². The number of amides is 1. The Morgan fingerprint density at radius 1 is 1.37 bits per heavy atom. The van der Waals surface area contributed by atoms with Crippen LogP contribution in [0.15, 0.2) is 19.4 Å². The van der Waals surface area contributed by atoms with E-state index >= 15 is 0 Å². The van der Waals surface area contributed by atoms with Crippen molar-refractivity contribution in [3.63, 3.8) is 0 Å². The molecule has 1 atom stereocenters. The molecule has 0 radical (unpaired) electrons. The average Bonchev–Trinajstić information content (AvgIpc) is 2.70. The maximum atomic E-state index is 12.4. The number of carbonyl (C=O) groups excluding carboxylic acids is 1. The second-order valence-corrected chi connectivity index (χ2v) is 6.83. The number of thiophene rings is 1. The predicted molar refractivity (Wildman–Crippen MR) is 75.7 cm³/mol. The minimum atomic E-state index is -0.456. The van der Waals surface area contributed by atoms with Gasteiger partial charge in [-0.15, -0.1) is 11.3 Å². The largest absolute Gasteiger partial charge is 0.356 e. The molecule has 2 N–H and O–H groups in total. The summed E-state index contributed by atoms with van der Waals surface area (Å²) in [5.74, 6) is -0.130. The van der Waals surface area contributed by atoms with Crippen LogP contribution < -0.4 is 16.6 Å². The number of rotatable bonds is 1. The molecule has 3 rings (SSSR count). The van der Waals surface area contributed by atoms with E-state index in [2.05, 4.69) is 26.2 Å². The summed E-state index contributed by atoms with van der Waals surface area (Å²) >= 11 is 4.58.